The molecule has 0 aliphatic heterocycles. The highest BCUT2D eigenvalue weighted by atomic mass is 32.2. The molecule has 0 fully saturated rings. The lowest BCUT2D eigenvalue weighted by Crippen LogP contribution is -2.08. The van der Waals surface area contributed by atoms with E-state index in [0.29, 0.717) is 16.9 Å². The summed E-state index contributed by atoms with van der Waals surface area (Å²) < 4.78 is 59.4. The normalized spacial score (nSPS) is 11.6. The Kier molecular flexibility index (Phi) is 6.70. The van der Waals surface area contributed by atoms with Crippen LogP contribution in [0.4, 0.5) is 18.9 Å². The minimum Gasteiger partial charge on any atom is -0.378 e. The molecule has 0 bridgehead atoms. The lowest BCUT2D eigenvalue weighted by molar-refractivity contribution is -0.141. The first-order valence-electron chi connectivity index (χ1n) is 8.34. The highest BCUT2D eigenvalue weighted by Crippen LogP contribution is 2.33. The zero-order valence-corrected chi connectivity index (χ0v) is 16.9. The number of nitrogens with zero attached hydrogens (tertiary/aromatic N) is 3. The van der Waals surface area contributed by atoms with Gasteiger partial charge >= 0.3 is 6.18 Å². The van der Waals surface area contributed by atoms with Gasteiger partial charge in [-0.25, -0.2) is 18.2 Å². The number of benzene rings is 2. The van der Waals surface area contributed by atoms with E-state index >= 15 is 0 Å². The molecule has 1 heterocycles. The second-order valence-electron chi connectivity index (χ2n) is 6.43. The monoisotopic (exact) mass is 426 g/mol. The summed E-state index contributed by atoms with van der Waals surface area (Å²) in [6.07, 6.45) is -3.55. The second kappa shape index (κ2) is 8.66. The van der Waals surface area contributed by atoms with Gasteiger partial charge in [0.05, 0.1) is 17.6 Å². The summed E-state index contributed by atoms with van der Waals surface area (Å²) >= 11 is 0. The Bertz CT molecular complexity index is 1040. The molecule has 3 aromatic rings. The van der Waals surface area contributed by atoms with Crippen LogP contribution in [0.3, 0.4) is 0 Å². The maximum atomic E-state index is 13.1. The van der Waals surface area contributed by atoms with E-state index in [2.05, 4.69) is 10.2 Å². The van der Waals surface area contributed by atoms with E-state index < -0.39 is 21.9 Å². The van der Waals surface area contributed by atoms with Crippen molar-refractivity contribution in [2.24, 2.45) is 5.14 Å². The Balaban J connectivity index is 0.000000537. The van der Waals surface area contributed by atoms with Gasteiger partial charge in [-0.2, -0.15) is 18.3 Å². The molecule has 2 aromatic carbocycles. The van der Waals surface area contributed by atoms with Crippen LogP contribution >= 0.6 is 0 Å². The van der Waals surface area contributed by atoms with Crippen molar-refractivity contribution in [3.63, 3.8) is 0 Å². The number of halogens is 3. The van der Waals surface area contributed by atoms with E-state index in [-0.39, 0.29) is 0 Å². The van der Waals surface area contributed by atoms with Gasteiger partial charge in [-0.3, -0.25) is 0 Å². The maximum Gasteiger partial charge on any atom is 0.435 e. The van der Waals surface area contributed by atoms with Gasteiger partial charge in [0.2, 0.25) is 10.0 Å². The Morgan fingerprint density at radius 3 is 1.97 bits per heavy atom. The third-order valence-electron chi connectivity index (χ3n) is 3.68. The van der Waals surface area contributed by atoms with Crippen LogP contribution in [0.25, 0.3) is 16.9 Å². The van der Waals surface area contributed by atoms with Crippen molar-refractivity contribution in [3.8, 4) is 16.9 Å². The zero-order chi connectivity index (χ0) is 21.8. The highest BCUT2D eigenvalue weighted by Gasteiger charge is 2.35. The number of anilines is 1. The van der Waals surface area contributed by atoms with Crippen LogP contribution in [-0.4, -0.2) is 38.5 Å². The quantitative estimate of drug-likeness (QED) is 0.695. The van der Waals surface area contributed by atoms with Gasteiger partial charge in [0.1, 0.15) is 0 Å². The molecule has 0 amide bonds. The summed E-state index contributed by atoms with van der Waals surface area (Å²) in [7, 11) is 0.649. The van der Waals surface area contributed by atoms with Crippen LogP contribution in [0.2, 0.25) is 0 Å². The molecule has 0 radical (unpaired) electrons. The second-order valence-corrected chi connectivity index (χ2v) is 8.09. The Labute approximate surface area is 167 Å². The minimum atomic E-state index is -4.49. The summed E-state index contributed by atoms with van der Waals surface area (Å²) in [4.78, 5) is 1.93. The number of hydrogen-bond donors (Lipinski definition) is 1. The number of rotatable bonds is 3. The number of sulfonamides is 1. The molecule has 0 aliphatic rings. The van der Waals surface area contributed by atoms with Gasteiger partial charge in [-0.15, -0.1) is 0 Å². The number of hydrogen-bond acceptors (Lipinski definition) is 4. The molecular formula is C19H21F3N4O2S. The number of nitrogens with two attached hydrogens (primary N) is 1. The number of primary sulfonamides is 1. The van der Waals surface area contributed by atoms with E-state index in [9.17, 15) is 21.6 Å². The van der Waals surface area contributed by atoms with Gasteiger partial charge in [-0.1, -0.05) is 30.3 Å². The molecule has 0 atom stereocenters. The summed E-state index contributed by atoms with van der Waals surface area (Å²) in [5.74, 6) is 0. The van der Waals surface area contributed by atoms with Crippen molar-refractivity contribution in [2.75, 3.05) is 25.3 Å². The predicted molar refractivity (Wildman–Crippen MR) is 107 cm³/mol. The first-order valence-corrected chi connectivity index (χ1v) is 10.3. The highest BCUT2D eigenvalue weighted by molar-refractivity contribution is 7.88. The fourth-order valence-corrected chi connectivity index (χ4v) is 2.42. The van der Waals surface area contributed by atoms with Gasteiger partial charge in [-0.05, 0) is 30.3 Å². The van der Waals surface area contributed by atoms with E-state index in [0.717, 1.165) is 18.0 Å². The molecule has 29 heavy (non-hydrogen) atoms. The standard InChI is InChI=1S/C18H16F3N3.CH5NO2S/c1-23(2)14-10-8-13(9-11-14)16-12-17(18(19,20)21)22-24(16)15-6-4-3-5-7-15;1-5(2,3)4/h3-12H,1-2H3;1H3,(H2,2,3,4). The van der Waals surface area contributed by atoms with E-state index in [1.165, 1.54) is 4.68 Å². The number of alkyl halides is 3. The molecule has 156 valence electrons. The smallest absolute Gasteiger partial charge is 0.378 e. The molecule has 2 N–H and O–H groups in total. The molecule has 0 spiro atoms. The topological polar surface area (TPSA) is 81.2 Å². The van der Waals surface area contributed by atoms with Crippen LogP contribution in [-0.2, 0) is 16.2 Å². The summed E-state index contributed by atoms with van der Waals surface area (Å²) in [6.45, 7) is 0. The summed E-state index contributed by atoms with van der Waals surface area (Å²) in [5, 5.41) is 8.09. The van der Waals surface area contributed by atoms with Crippen LogP contribution in [0.5, 0.6) is 0 Å². The lowest BCUT2D eigenvalue weighted by atomic mass is 10.1. The number of aromatic nitrogens is 2. The van der Waals surface area contributed by atoms with Crippen LogP contribution in [0, 0.1) is 0 Å². The zero-order valence-electron chi connectivity index (χ0n) is 16.1. The first kappa shape index (κ1) is 22.4. The summed E-state index contributed by atoms with van der Waals surface area (Å²) in [5.41, 5.74) is 1.73. The largest absolute Gasteiger partial charge is 0.435 e. The summed E-state index contributed by atoms with van der Waals surface area (Å²) in [6, 6.07) is 17.2. The van der Waals surface area contributed by atoms with Crippen molar-refractivity contribution in [3.05, 3.63) is 66.4 Å². The predicted octanol–water partition coefficient (Wildman–Crippen LogP) is 3.53. The average Bonchev–Trinajstić information content (AvgIpc) is 3.07. The Hall–Kier alpha value is -2.85. The average molecular weight is 426 g/mol. The van der Waals surface area contributed by atoms with Gasteiger partial charge < -0.3 is 4.90 Å². The van der Waals surface area contributed by atoms with E-state index in [1.807, 2.05) is 37.2 Å². The molecule has 0 aliphatic carbocycles. The number of para-hydroxylation sites is 1. The van der Waals surface area contributed by atoms with E-state index in [4.69, 9.17) is 0 Å². The van der Waals surface area contributed by atoms with Gasteiger partial charge in [0, 0.05) is 25.3 Å². The van der Waals surface area contributed by atoms with Gasteiger partial charge in [0.25, 0.3) is 0 Å². The third-order valence-corrected chi connectivity index (χ3v) is 3.68. The van der Waals surface area contributed by atoms with Crippen LogP contribution < -0.4 is 10.0 Å². The van der Waals surface area contributed by atoms with E-state index in [1.54, 1.807) is 36.4 Å². The van der Waals surface area contributed by atoms with Crippen molar-refractivity contribution in [2.45, 2.75) is 6.18 Å². The van der Waals surface area contributed by atoms with Crippen molar-refractivity contribution >= 4 is 15.7 Å². The SMILES string of the molecule is CN(C)c1ccc(-c2cc(C(F)(F)F)nn2-c2ccccc2)cc1.CS(N)(=O)=O. The Morgan fingerprint density at radius 1 is 1.00 bits per heavy atom. The molecule has 0 saturated heterocycles. The molecule has 0 unspecified atom stereocenters. The molecule has 0 saturated carbocycles. The lowest BCUT2D eigenvalue weighted by Gasteiger charge is -2.13. The molecular weight excluding hydrogens is 405 g/mol. The molecule has 6 nitrogen and oxygen atoms in total. The Morgan fingerprint density at radius 2 is 1.52 bits per heavy atom. The molecule has 1 aromatic heterocycles. The van der Waals surface area contributed by atoms with Crippen LogP contribution in [0.15, 0.2) is 60.7 Å². The minimum absolute atomic E-state index is 0.402. The molecule has 10 heteroatoms. The van der Waals surface area contributed by atoms with Crippen molar-refractivity contribution < 1.29 is 21.6 Å². The fraction of sp³-hybridized carbons (Fsp3) is 0.211. The third kappa shape index (κ3) is 6.61. The molecule has 3 rings (SSSR count). The van der Waals surface area contributed by atoms with Gasteiger partial charge in [0.15, 0.2) is 5.69 Å². The first-order chi connectivity index (χ1) is 13.4. The fourth-order valence-electron chi connectivity index (χ4n) is 2.42. The maximum absolute atomic E-state index is 13.1. The van der Waals surface area contributed by atoms with Crippen molar-refractivity contribution in [1.82, 2.24) is 9.78 Å². The van der Waals surface area contributed by atoms with Crippen molar-refractivity contribution in [1.29, 1.82) is 0 Å². The van der Waals surface area contributed by atoms with Crippen LogP contribution in [0.1, 0.15) is 5.69 Å².